The molecule has 166 valence electrons. The maximum Gasteiger partial charge on any atom is 0.0647 e. The summed E-state index contributed by atoms with van der Waals surface area (Å²) in [4.78, 5) is 9.38. The summed E-state index contributed by atoms with van der Waals surface area (Å²) < 4.78 is 0. The Morgan fingerprint density at radius 1 is 0.733 bits per heavy atom. The van der Waals surface area contributed by atoms with Crippen molar-refractivity contribution in [3.63, 3.8) is 0 Å². The second kappa shape index (κ2) is 12.7. The van der Waals surface area contributed by atoms with Gasteiger partial charge in [0.2, 0.25) is 0 Å². The lowest BCUT2D eigenvalue weighted by Crippen LogP contribution is -2.11. The van der Waals surface area contributed by atoms with E-state index in [1.54, 1.807) is 0 Å². The topological polar surface area (TPSA) is 24.7 Å². The summed E-state index contributed by atoms with van der Waals surface area (Å²) in [6.45, 7) is 17.9. The van der Waals surface area contributed by atoms with Crippen LogP contribution in [0.2, 0.25) is 0 Å². The molecule has 0 saturated heterocycles. The average Bonchev–Trinajstić information content (AvgIpc) is 2.60. The lowest BCUT2D eigenvalue weighted by atomic mass is 9.84. The van der Waals surface area contributed by atoms with Crippen LogP contribution in [-0.4, -0.2) is 12.4 Å². The zero-order valence-corrected chi connectivity index (χ0v) is 20.8. The zero-order valence-electron chi connectivity index (χ0n) is 20.8. The van der Waals surface area contributed by atoms with Crippen LogP contribution in [0.5, 0.6) is 0 Å². The van der Waals surface area contributed by atoms with E-state index in [4.69, 9.17) is 0 Å². The molecule has 0 N–H and O–H groups in total. The number of hydrogen-bond donors (Lipinski definition) is 0. The van der Waals surface area contributed by atoms with Crippen LogP contribution in [0, 0.1) is 10.8 Å². The molecule has 0 aliphatic rings. The number of allylic oxidation sites excluding steroid dienone is 4. The van der Waals surface area contributed by atoms with Gasteiger partial charge in [-0.2, -0.15) is 0 Å². The van der Waals surface area contributed by atoms with E-state index in [1.165, 1.54) is 24.0 Å². The largest absolute Gasteiger partial charge is 0.261 e. The molecule has 0 atom stereocenters. The lowest BCUT2D eigenvalue weighted by Gasteiger charge is -2.21. The van der Waals surface area contributed by atoms with E-state index >= 15 is 0 Å². The molecule has 0 saturated carbocycles. The standard InChI is InChI=1S/C28H44N2/c1-23(2)12-10-16-27(5,6)18-20-29-25-14-9-15-26(22-25)30-21-19-28(7,8)17-11-13-24(3)4/h9,12-15,20-22H,10-11,16-19H2,1-8H3. The maximum absolute atomic E-state index is 4.69. The minimum Gasteiger partial charge on any atom is -0.261 e. The summed E-state index contributed by atoms with van der Waals surface area (Å²) in [5.41, 5.74) is 5.28. The van der Waals surface area contributed by atoms with Crippen molar-refractivity contribution in [2.24, 2.45) is 20.8 Å². The molecule has 0 aliphatic heterocycles. The molecule has 0 fully saturated rings. The second-order valence-electron chi connectivity index (χ2n) is 10.5. The van der Waals surface area contributed by atoms with Crippen LogP contribution in [0.3, 0.4) is 0 Å². The van der Waals surface area contributed by atoms with Crippen molar-refractivity contribution >= 4 is 23.8 Å². The van der Waals surface area contributed by atoms with E-state index < -0.39 is 0 Å². The van der Waals surface area contributed by atoms with Gasteiger partial charge in [0.05, 0.1) is 11.4 Å². The average molecular weight is 409 g/mol. The van der Waals surface area contributed by atoms with Crippen LogP contribution >= 0.6 is 0 Å². The molecule has 1 aromatic carbocycles. The predicted molar refractivity (Wildman–Crippen MR) is 137 cm³/mol. The van der Waals surface area contributed by atoms with Crippen molar-refractivity contribution in [3.05, 3.63) is 47.6 Å². The Labute approximate surface area is 186 Å². The number of nitrogens with zero attached hydrogens (tertiary/aromatic N) is 2. The third-order valence-electron chi connectivity index (χ3n) is 5.35. The van der Waals surface area contributed by atoms with Crippen LogP contribution in [0.25, 0.3) is 0 Å². The van der Waals surface area contributed by atoms with Crippen LogP contribution in [-0.2, 0) is 0 Å². The van der Waals surface area contributed by atoms with Gasteiger partial charge in [0, 0.05) is 12.4 Å². The molecule has 0 radical (unpaired) electrons. The number of hydrogen-bond acceptors (Lipinski definition) is 2. The summed E-state index contributed by atoms with van der Waals surface area (Å²) in [5, 5.41) is 0. The van der Waals surface area contributed by atoms with Crippen molar-refractivity contribution in [2.45, 2.75) is 93.9 Å². The fourth-order valence-corrected chi connectivity index (χ4v) is 3.16. The minimum absolute atomic E-state index is 0.266. The van der Waals surface area contributed by atoms with Crippen LogP contribution < -0.4 is 0 Å². The Balaban J connectivity index is 2.59. The molecule has 0 aliphatic carbocycles. The quantitative estimate of drug-likeness (QED) is 0.243. The van der Waals surface area contributed by atoms with Crippen LogP contribution in [0.4, 0.5) is 11.4 Å². The van der Waals surface area contributed by atoms with E-state index in [9.17, 15) is 0 Å². The van der Waals surface area contributed by atoms with Crippen LogP contribution in [0.15, 0.2) is 57.5 Å². The molecule has 1 rings (SSSR count). The maximum atomic E-state index is 4.69. The van der Waals surface area contributed by atoms with Gasteiger partial charge in [-0.15, -0.1) is 0 Å². The third kappa shape index (κ3) is 12.6. The first-order valence-corrected chi connectivity index (χ1v) is 11.4. The van der Waals surface area contributed by atoms with Gasteiger partial charge >= 0.3 is 0 Å². The summed E-state index contributed by atoms with van der Waals surface area (Å²) in [6.07, 6.45) is 15.4. The Hall–Kier alpha value is -1.96. The summed E-state index contributed by atoms with van der Waals surface area (Å²) in [7, 11) is 0. The highest BCUT2D eigenvalue weighted by Gasteiger charge is 2.16. The second-order valence-corrected chi connectivity index (χ2v) is 10.5. The van der Waals surface area contributed by atoms with Crippen molar-refractivity contribution < 1.29 is 0 Å². The molecular formula is C28H44N2. The Kier molecular flexibility index (Phi) is 11.0. The van der Waals surface area contributed by atoms with Gasteiger partial charge in [0.1, 0.15) is 0 Å². The molecule has 1 aromatic rings. The predicted octanol–water partition coefficient (Wildman–Crippen LogP) is 9.42. The Morgan fingerprint density at radius 2 is 1.13 bits per heavy atom. The van der Waals surface area contributed by atoms with Crippen molar-refractivity contribution in [1.82, 2.24) is 0 Å². The SMILES string of the molecule is CC(C)=CCCC(C)(C)CC=Nc1cccc(N=CCC(C)(C)CCC=C(C)C)c1. The molecule has 0 amide bonds. The minimum atomic E-state index is 0.266. The summed E-state index contributed by atoms with van der Waals surface area (Å²) in [6, 6.07) is 8.21. The molecule has 0 aromatic heterocycles. The first kappa shape index (κ1) is 26.1. The molecule has 0 spiro atoms. The van der Waals surface area contributed by atoms with Crippen molar-refractivity contribution in [2.75, 3.05) is 0 Å². The monoisotopic (exact) mass is 408 g/mol. The third-order valence-corrected chi connectivity index (χ3v) is 5.35. The first-order valence-electron chi connectivity index (χ1n) is 11.4. The van der Waals surface area contributed by atoms with Gasteiger partial charge in [0.25, 0.3) is 0 Å². The van der Waals surface area contributed by atoms with E-state index in [0.29, 0.717) is 0 Å². The highest BCUT2D eigenvalue weighted by Crippen LogP contribution is 2.28. The highest BCUT2D eigenvalue weighted by atomic mass is 14.7. The number of aliphatic imine (C=N–C) groups is 2. The van der Waals surface area contributed by atoms with Gasteiger partial charge in [0.15, 0.2) is 0 Å². The highest BCUT2D eigenvalue weighted by molar-refractivity contribution is 5.68. The molecule has 2 heteroatoms. The van der Waals surface area contributed by atoms with E-state index in [2.05, 4.69) is 108 Å². The molecule has 0 bridgehead atoms. The lowest BCUT2D eigenvalue weighted by molar-refractivity contribution is 0.356. The van der Waals surface area contributed by atoms with Gasteiger partial charge in [-0.05, 0) is 95.2 Å². The fraction of sp³-hybridized carbons (Fsp3) is 0.571. The van der Waals surface area contributed by atoms with Gasteiger partial charge in [-0.3, -0.25) is 9.98 Å². The zero-order chi connectivity index (χ0) is 22.6. The molecule has 0 unspecified atom stereocenters. The first-order chi connectivity index (χ1) is 14.0. The number of rotatable bonds is 12. The van der Waals surface area contributed by atoms with Gasteiger partial charge in [-0.25, -0.2) is 0 Å². The van der Waals surface area contributed by atoms with Crippen LogP contribution in [0.1, 0.15) is 93.9 Å². The summed E-state index contributed by atoms with van der Waals surface area (Å²) >= 11 is 0. The Morgan fingerprint density at radius 3 is 1.50 bits per heavy atom. The smallest absolute Gasteiger partial charge is 0.0647 e. The molecule has 0 heterocycles. The number of benzene rings is 1. The van der Waals surface area contributed by atoms with Gasteiger partial charge < -0.3 is 0 Å². The molecular weight excluding hydrogens is 364 g/mol. The van der Waals surface area contributed by atoms with E-state index in [0.717, 1.165) is 37.1 Å². The van der Waals surface area contributed by atoms with Crippen molar-refractivity contribution in [3.8, 4) is 0 Å². The molecule has 2 nitrogen and oxygen atoms in total. The summed E-state index contributed by atoms with van der Waals surface area (Å²) in [5.74, 6) is 0. The normalized spacial score (nSPS) is 12.5. The fourth-order valence-electron chi connectivity index (χ4n) is 3.16. The molecule has 30 heavy (non-hydrogen) atoms. The Bertz CT molecular complexity index is 691. The van der Waals surface area contributed by atoms with Gasteiger partial charge in [-0.1, -0.05) is 57.1 Å². The van der Waals surface area contributed by atoms with E-state index in [-0.39, 0.29) is 10.8 Å². The van der Waals surface area contributed by atoms with E-state index in [1.807, 2.05) is 6.07 Å². The van der Waals surface area contributed by atoms with Crippen molar-refractivity contribution in [1.29, 1.82) is 0 Å².